The smallest absolute Gasteiger partial charge is 0.317 e. The predicted molar refractivity (Wildman–Crippen MR) is 98.4 cm³/mol. The molecule has 0 amide bonds. The highest BCUT2D eigenvalue weighted by Crippen LogP contribution is 2.42. The largest absolute Gasteiger partial charge is 0.465 e. The van der Waals surface area contributed by atoms with Crippen LogP contribution in [0.2, 0.25) is 5.02 Å². The monoisotopic (exact) mass is 354 g/mol. The molecule has 0 aliphatic heterocycles. The number of halogens is 1. The number of esters is 1. The standard InChI is InChI=1S/C21H19ClO3/c1-2-25-21(24)20-17(16-10-6-7-11-18(16)22)12-15(13-19(20)23)14-8-4-3-5-9-14/h3-11,13,17,20H,2,12H2,1H3. The third-order valence-corrected chi connectivity index (χ3v) is 4.80. The van der Waals surface area contributed by atoms with E-state index in [9.17, 15) is 9.59 Å². The van der Waals surface area contributed by atoms with Crippen molar-refractivity contribution in [1.29, 1.82) is 0 Å². The van der Waals surface area contributed by atoms with E-state index in [0.29, 0.717) is 11.4 Å². The molecule has 0 heterocycles. The summed E-state index contributed by atoms with van der Waals surface area (Å²) >= 11 is 6.36. The van der Waals surface area contributed by atoms with Crippen LogP contribution in [0.3, 0.4) is 0 Å². The fourth-order valence-electron chi connectivity index (χ4n) is 3.30. The van der Waals surface area contributed by atoms with Gasteiger partial charge in [-0.2, -0.15) is 0 Å². The summed E-state index contributed by atoms with van der Waals surface area (Å²) in [6.07, 6.45) is 2.13. The van der Waals surface area contributed by atoms with Gasteiger partial charge in [0.1, 0.15) is 5.92 Å². The van der Waals surface area contributed by atoms with Crippen LogP contribution in [0.5, 0.6) is 0 Å². The first-order chi connectivity index (χ1) is 12.1. The molecule has 0 spiro atoms. The zero-order valence-electron chi connectivity index (χ0n) is 13.9. The Morgan fingerprint density at radius 2 is 1.80 bits per heavy atom. The van der Waals surface area contributed by atoms with Gasteiger partial charge in [-0.3, -0.25) is 9.59 Å². The average Bonchev–Trinajstić information content (AvgIpc) is 2.62. The highest BCUT2D eigenvalue weighted by atomic mass is 35.5. The van der Waals surface area contributed by atoms with Crippen LogP contribution in [0.1, 0.15) is 30.4 Å². The number of carbonyl (C=O) groups excluding carboxylic acids is 2. The second-order valence-electron chi connectivity index (χ2n) is 6.00. The molecular weight excluding hydrogens is 336 g/mol. The van der Waals surface area contributed by atoms with E-state index >= 15 is 0 Å². The van der Waals surface area contributed by atoms with Gasteiger partial charge in [-0.25, -0.2) is 0 Å². The molecule has 3 rings (SSSR count). The summed E-state index contributed by atoms with van der Waals surface area (Å²) in [5.41, 5.74) is 2.70. The zero-order chi connectivity index (χ0) is 17.8. The maximum absolute atomic E-state index is 12.8. The number of benzene rings is 2. The van der Waals surface area contributed by atoms with Crippen molar-refractivity contribution < 1.29 is 14.3 Å². The molecule has 0 N–H and O–H groups in total. The van der Waals surface area contributed by atoms with Crippen LogP contribution in [0.4, 0.5) is 0 Å². The quantitative estimate of drug-likeness (QED) is 0.592. The van der Waals surface area contributed by atoms with Gasteiger partial charge in [-0.05, 0) is 42.2 Å². The first-order valence-corrected chi connectivity index (χ1v) is 8.70. The van der Waals surface area contributed by atoms with Gasteiger partial charge < -0.3 is 4.74 Å². The molecule has 25 heavy (non-hydrogen) atoms. The van der Waals surface area contributed by atoms with E-state index in [1.165, 1.54) is 0 Å². The van der Waals surface area contributed by atoms with Gasteiger partial charge in [0.15, 0.2) is 5.78 Å². The molecule has 2 unspecified atom stereocenters. The molecule has 0 radical (unpaired) electrons. The first kappa shape index (κ1) is 17.4. The van der Waals surface area contributed by atoms with Crippen molar-refractivity contribution in [3.8, 4) is 0 Å². The van der Waals surface area contributed by atoms with Gasteiger partial charge in [-0.15, -0.1) is 0 Å². The summed E-state index contributed by atoms with van der Waals surface area (Å²) in [7, 11) is 0. The van der Waals surface area contributed by atoms with Gasteiger partial charge in [0.2, 0.25) is 0 Å². The number of ketones is 1. The van der Waals surface area contributed by atoms with Gasteiger partial charge in [-0.1, -0.05) is 60.1 Å². The fourth-order valence-corrected chi connectivity index (χ4v) is 3.58. The van der Waals surface area contributed by atoms with Crippen molar-refractivity contribution in [2.24, 2.45) is 5.92 Å². The Labute approximate surface area is 152 Å². The number of ether oxygens (including phenoxy) is 1. The summed E-state index contributed by atoms with van der Waals surface area (Å²) in [6, 6.07) is 17.1. The molecule has 3 nitrogen and oxygen atoms in total. The van der Waals surface area contributed by atoms with Crippen LogP contribution in [0.25, 0.3) is 5.57 Å². The molecule has 2 atom stereocenters. The summed E-state index contributed by atoms with van der Waals surface area (Å²) in [4.78, 5) is 25.2. The van der Waals surface area contributed by atoms with Gasteiger partial charge in [0.25, 0.3) is 0 Å². The third kappa shape index (κ3) is 3.67. The highest BCUT2D eigenvalue weighted by molar-refractivity contribution is 6.31. The maximum Gasteiger partial charge on any atom is 0.317 e. The molecule has 0 fully saturated rings. The third-order valence-electron chi connectivity index (χ3n) is 4.46. The minimum absolute atomic E-state index is 0.228. The topological polar surface area (TPSA) is 43.4 Å². The van der Waals surface area contributed by atoms with Crippen LogP contribution in [0, 0.1) is 5.92 Å². The number of carbonyl (C=O) groups is 2. The van der Waals surface area contributed by atoms with E-state index in [-0.39, 0.29) is 18.3 Å². The van der Waals surface area contributed by atoms with E-state index in [2.05, 4.69) is 0 Å². The van der Waals surface area contributed by atoms with E-state index in [0.717, 1.165) is 16.7 Å². The zero-order valence-corrected chi connectivity index (χ0v) is 14.7. The van der Waals surface area contributed by atoms with Crippen LogP contribution in [0.15, 0.2) is 60.7 Å². The van der Waals surface area contributed by atoms with Gasteiger partial charge in [0.05, 0.1) is 6.61 Å². The molecule has 1 aliphatic carbocycles. The van der Waals surface area contributed by atoms with Gasteiger partial charge in [0, 0.05) is 10.9 Å². The van der Waals surface area contributed by atoms with Crippen LogP contribution in [-0.4, -0.2) is 18.4 Å². The van der Waals surface area contributed by atoms with E-state index in [1.54, 1.807) is 19.1 Å². The summed E-state index contributed by atoms with van der Waals surface area (Å²) in [5, 5.41) is 0.559. The Balaban J connectivity index is 2.05. The van der Waals surface area contributed by atoms with Crippen LogP contribution in [-0.2, 0) is 14.3 Å². The summed E-state index contributed by atoms with van der Waals surface area (Å²) in [5.74, 6) is -1.90. The molecule has 0 bridgehead atoms. The second-order valence-corrected chi connectivity index (χ2v) is 6.41. The first-order valence-electron chi connectivity index (χ1n) is 8.32. The van der Waals surface area contributed by atoms with Crippen LogP contribution >= 0.6 is 11.6 Å². The van der Waals surface area contributed by atoms with E-state index in [1.807, 2.05) is 48.5 Å². The lowest BCUT2D eigenvalue weighted by Crippen LogP contribution is -2.34. The Morgan fingerprint density at radius 1 is 1.12 bits per heavy atom. The molecule has 0 saturated carbocycles. The lowest BCUT2D eigenvalue weighted by molar-refractivity contribution is -0.151. The number of hydrogen-bond donors (Lipinski definition) is 0. The second kappa shape index (κ2) is 7.66. The number of allylic oxidation sites excluding steroid dienone is 2. The molecule has 1 aliphatic rings. The van der Waals surface area contributed by atoms with Gasteiger partial charge >= 0.3 is 5.97 Å². The summed E-state index contributed by atoms with van der Waals surface area (Å²) < 4.78 is 5.15. The molecule has 0 aromatic heterocycles. The average molecular weight is 355 g/mol. The maximum atomic E-state index is 12.8. The fraction of sp³-hybridized carbons (Fsp3) is 0.238. The van der Waals surface area contributed by atoms with Crippen molar-refractivity contribution in [1.82, 2.24) is 0 Å². The highest BCUT2D eigenvalue weighted by Gasteiger charge is 2.40. The Kier molecular flexibility index (Phi) is 5.34. The SMILES string of the molecule is CCOC(=O)C1C(=O)C=C(c2ccccc2)CC1c1ccccc1Cl. The molecular formula is C21H19ClO3. The van der Waals surface area contributed by atoms with Crippen LogP contribution < -0.4 is 0 Å². The molecule has 4 heteroatoms. The molecule has 0 saturated heterocycles. The van der Waals surface area contributed by atoms with Crippen molar-refractivity contribution in [2.75, 3.05) is 6.61 Å². The minimum atomic E-state index is -0.854. The van der Waals surface area contributed by atoms with E-state index < -0.39 is 11.9 Å². The minimum Gasteiger partial charge on any atom is -0.465 e. The molecule has 128 valence electrons. The Bertz CT molecular complexity index is 811. The van der Waals surface area contributed by atoms with Crippen molar-refractivity contribution in [2.45, 2.75) is 19.3 Å². The lowest BCUT2D eigenvalue weighted by atomic mass is 9.73. The lowest BCUT2D eigenvalue weighted by Gasteiger charge is -2.30. The summed E-state index contributed by atoms with van der Waals surface area (Å²) in [6.45, 7) is 1.98. The predicted octanol–water partition coefficient (Wildman–Crippen LogP) is 4.66. The molecule has 2 aromatic carbocycles. The normalized spacial score (nSPS) is 20.1. The Hall–Kier alpha value is -2.39. The van der Waals surface area contributed by atoms with Crippen molar-refractivity contribution in [3.63, 3.8) is 0 Å². The van der Waals surface area contributed by atoms with Crippen molar-refractivity contribution in [3.05, 3.63) is 76.8 Å². The van der Waals surface area contributed by atoms with Crippen molar-refractivity contribution >= 4 is 28.9 Å². The number of hydrogen-bond acceptors (Lipinski definition) is 3. The number of rotatable bonds is 4. The molecule has 2 aromatic rings. The Morgan fingerprint density at radius 3 is 2.48 bits per heavy atom. The van der Waals surface area contributed by atoms with E-state index in [4.69, 9.17) is 16.3 Å².